The van der Waals surface area contributed by atoms with Gasteiger partial charge < -0.3 is 9.47 Å². The molecule has 0 bridgehead atoms. The molecule has 0 aliphatic rings. The molecular weight excluding hydrogens is 355 g/mol. The van der Waals surface area contributed by atoms with Gasteiger partial charge in [0.15, 0.2) is 24.0 Å². The summed E-state index contributed by atoms with van der Waals surface area (Å²) >= 11 is 7.05. The number of Topliss-reactive ketones (excluding diaryl/α,β-unsaturated/α-hetero) is 1. The van der Waals surface area contributed by atoms with E-state index in [0.29, 0.717) is 5.02 Å². The summed E-state index contributed by atoms with van der Waals surface area (Å²) in [4.78, 5) is 24.4. The normalized spacial score (nSPS) is 10.3. The highest BCUT2D eigenvalue weighted by atomic mass is 35.5. The molecule has 2 aromatic rings. The Balaban J connectivity index is 1.81. The van der Waals surface area contributed by atoms with Crippen molar-refractivity contribution in [1.82, 2.24) is 0 Å². The lowest BCUT2D eigenvalue weighted by Gasteiger charge is -2.06. The lowest BCUT2D eigenvalue weighted by atomic mass is 10.1. The number of carbonyl (C=O) groups excluding carboxylic acids is 2. The molecule has 2 aromatic carbocycles. The fourth-order valence-corrected chi connectivity index (χ4v) is 2.61. The zero-order chi connectivity index (χ0) is 17.5. The van der Waals surface area contributed by atoms with Gasteiger partial charge in [0.1, 0.15) is 0 Å². The first-order valence-electron chi connectivity index (χ1n) is 6.90. The minimum atomic E-state index is -0.645. The van der Waals surface area contributed by atoms with Gasteiger partial charge in [-0.15, -0.1) is 11.8 Å². The summed E-state index contributed by atoms with van der Waals surface area (Å²) < 4.78 is 23.2. The molecule has 0 aliphatic carbocycles. The number of halogens is 2. The van der Waals surface area contributed by atoms with Crippen molar-refractivity contribution in [3.8, 4) is 5.75 Å². The van der Waals surface area contributed by atoms with Gasteiger partial charge in [0.25, 0.3) is 0 Å². The second-order valence-corrected chi connectivity index (χ2v) is 6.16. The van der Waals surface area contributed by atoms with E-state index in [1.807, 2.05) is 0 Å². The van der Waals surface area contributed by atoms with Crippen LogP contribution >= 0.6 is 23.4 Å². The van der Waals surface area contributed by atoms with Crippen molar-refractivity contribution in [2.45, 2.75) is 4.90 Å². The number of benzene rings is 2. The summed E-state index contributed by atoms with van der Waals surface area (Å²) in [6.07, 6.45) is 0. The molecule has 0 aliphatic heterocycles. The van der Waals surface area contributed by atoms with E-state index in [0.717, 1.165) is 11.0 Å². The molecule has 0 amide bonds. The Kier molecular flexibility index (Phi) is 6.63. The number of hydrogen-bond acceptors (Lipinski definition) is 5. The first-order chi connectivity index (χ1) is 11.5. The Morgan fingerprint density at radius 2 is 1.88 bits per heavy atom. The number of hydrogen-bond donors (Lipinski definition) is 0. The Hall–Kier alpha value is -2.05. The average Bonchev–Trinajstić information content (AvgIpc) is 2.59. The first kappa shape index (κ1) is 18.3. The Bertz CT molecular complexity index is 734. The molecule has 0 saturated heterocycles. The van der Waals surface area contributed by atoms with E-state index in [4.69, 9.17) is 21.1 Å². The smallest absolute Gasteiger partial charge is 0.316 e. The predicted octanol–water partition coefficient (Wildman–Crippen LogP) is 4.01. The average molecular weight is 369 g/mol. The second kappa shape index (κ2) is 8.70. The molecule has 0 saturated carbocycles. The van der Waals surface area contributed by atoms with Crippen LogP contribution in [0.15, 0.2) is 47.4 Å². The maximum absolute atomic E-state index is 13.5. The number of rotatable bonds is 7. The third-order valence-electron chi connectivity index (χ3n) is 3.01. The summed E-state index contributed by atoms with van der Waals surface area (Å²) in [5, 5.41) is 0.610. The standard InChI is InChI=1S/C17H14ClFO4S/c1-22-16-7-2-11(8-14(16)19)15(20)9-23-17(21)10-24-13-5-3-12(18)4-6-13/h2-8H,9-10H2,1H3. The van der Waals surface area contributed by atoms with Crippen LogP contribution < -0.4 is 4.74 Å². The molecule has 7 heteroatoms. The number of methoxy groups -OCH3 is 1. The number of carbonyl (C=O) groups is 2. The SMILES string of the molecule is COc1ccc(C(=O)COC(=O)CSc2ccc(Cl)cc2)cc1F. The van der Waals surface area contributed by atoms with Crippen molar-refractivity contribution in [3.05, 3.63) is 58.9 Å². The molecule has 0 fully saturated rings. The van der Waals surface area contributed by atoms with Crippen molar-refractivity contribution < 1.29 is 23.5 Å². The fraction of sp³-hybridized carbons (Fsp3) is 0.176. The molecule has 0 unspecified atom stereocenters. The Morgan fingerprint density at radius 1 is 1.17 bits per heavy atom. The first-order valence-corrected chi connectivity index (χ1v) is 8.26. The van der Waals surface area contributed by atoms with Gasteiger partial charge in [-0.3, -0.25) is 9.59 Å². The van der Waals surface area contributed by atoms with Crippen molar-refractivity contribution in [2.75, 3.05) is 19.5 Å². The lowest BCUT2D eigenvalue weighted by Crippen LogP contribution is -2.15. The van der Waals surface area contributed by atoms with Gasteiger partial charge in [-0.25, -0.2) is 4.39 Å². The Labute approximate surface area is 147 Å². The Morgan fingerprint density at radius 3 is 2.50 bits per heavy atom. The van der Waals surface area contributed by atoms with Crippen molar-refractivity contribution in [2.24, 2.45) is 0 Å². The third kappa shape index (κ3) is 5.25. The van der Waals surface area contributed by atoms with Crippen LogP contribution in [0.5, 0.6) is 5.75 Å². The molecule has 24 heavy (non-hydrogen) atoms. The highest BCUT2D eigenvalue weighted by Crippen LogP contribution is 2.21. The van der Waals surface area contributed by atoms with E-state index in [1.165, 1.54) is 31.0 Å². The molecule has 0 aromatic heterocycles. The molecule has 2 rings (SSSR count). The van der Waals surface area contributed by atoms with Gasteiger partial charge in [-0.2, -0.15) is 0 Å². The van der Waals surface area contributed by atoms with Crippen LogP contribution in [0.4, 0.5) is 4.39 Å². The lowest BCUT2D eigenvalue weighted by molar-refractivity contribution is -0.139. The maximum atomic E-state index is 13.5. The molecule has 0 heterocycles. The van der Waals surface area contributed by atoms with Gasteiger partial charge in [0.05, 0.1) is 12.9 Å². The van der Waals surface area contributed by atoms with Crippen molar-refractivity contribution in [3.63, 3.8) is 0 Å². The molecule has 4 nitrogen and oxygen atoms in total. The largest absolute Gasteiger partial charge is 0.494 e. The molecule has 126 valence electrons. The van der Waals surface area contributed by atoms with E-state index < -0.39 is 24.2 Å². The highest BCUT2D eigenvalue weighted by molar-refractivity contribution is 8.00. The number of thioether (sulfide) groups is 1. The number of ether oxygens (including phenoxy) is 2. The van der Waals surface area contributed by atoms with Crippen LogP contribution in [0.2, 0.25) is 5.02 Å². The molecule has 0 atom stereocenters. The summed E-state index contributed by atoms with van der Waals surface area (Å²) in [6, 6.07) is 10.8. The van der Waals surface area contributed by atoms with Crippen LogP contribution in [0, 0.1) is 5.82 Å². The summed E-state index contributed by atoms with van der Waals surface area (Å²) in [7, 11) is 1.33. The van der Waals surface area contributed by atoms with Gasteiger partial charge in [0.2, 0.25) is 0 Å². The molecule has 0 spiro atoms. The van der Waals surface area contributed by atoms with Crippen LogP contribution in [0.25, 0.3) is 0 Å². The second-order valence-electron chi connectivity index (χ2n) is 4.68. The van der Waals surface area contributed by atoms with Gasteiger partial charge in [0, 0.05) is 15.5 Å². The van der Waals surface area contributed by atoms with E-state index in [1.54, 1.807) is 24.3 Å². The molecule has 0 N–H and O–H groups in total. The predicted molar refractivity (Wildman–Crippen MR) is 90.4 cm³/mol. The molecule has 0 radical (unpaired) electrons. The quantitative estimate of drug-likeness (QED) is 0.420. The van der Waals surface area contributed by atoms with Crippen molar-refractivity contribution in [1.29, 1.82) is 0 Å². The molecular formula is C17H14ClFO4S. The topological polar surface area (TPSA) is 52.6 Å². The van der Waals surface area contributed by atoms with Crippen molar-refractivity contribution >= 4 is 35.1 Å². The van der Waals surface area contributed by atoms with Crippen LogP contribution in [0.3, 0.4) is 0 Å². The third-order valence-corrected chi connectivity index (χ3v) is 4.25. The summed E-state index contributed by atoms with van der Waals surface area (Å²) in [5.74, 6) is -1.55. The fourth-order valence-electron chi connectivity index (χ4n) is 1.78. The minimum Gasteiger partial charge on any atom is -0.494 e. The van der Waals surface area contributed by atoms with Crippen LogP contribution in [0.1, 0.15) is 10.4 Å². The number of esters is 1. The van der Waals surface area contributed by atoms with Crippen LogP contribution in [-0.4, -0.2) is 31.2 Å². The van der Waals surface area contributed by atoms with E-state index in [2.05, 4.69) is 0 Å². The highest BCUT2D eigenvalue weighted by Gasteiger charge is 2.13. The van der Waals surface area contributed by atoms with Gasteiger partial charge in [-0.1, -0.05) is 11.6 Å². The van der Waals surface area contributed by atoms with Gasteiger partial charge in [-0.05, 0) is 42.5 Å². The van der Waals surface area contributed by atoms with Gasteiger partial charge >= 0.3 is 5.97 Å². The maximum Gasteiger partial charge on any atom is 0.316 e. The zero-order valence-corrected chi connectivity index (χ0v) is 14.3. The summed E-state index contributed by atoms with van der Waals surface area (Å²) in [6.45, 7) is -0.439. The van der Waals surface area contributed by atoms with E-state index in [-0.39, 0.29) is 17.1 Å². The van der Waals surface area contributed by atoms with E-state index in [9.17, 15) is 14.0 Å². The monoisotopic (exact) mass is 368 g/mol. The number of ketones is 1. The van der Waals surface area contributed by atoms with E-state index >= 15 is 0 Å². The minimum absolute atomic E-state index is 0.0444. The van der Waals surface area contributed by atoms with Crippen LogP contribution in [-0.2, 0) is 9.53 Å². The zero-order valence-electron chi connectivity index (χ0n) is 12.8. The summed E-state index contributed by atoms with van der Waals surface area (Å²) in [5.41, 5.74) is 0.117.